The van der Waals surface area contributed by atoms with E-state index in [9.17, 15) is 4.39 Å². The van der Waals surface area contributed by atoms with Crippen LogP contribution in [0.15, 0.2) is 261 Å². The van der Waals surface area contributed by atoms with Gasteiger partial charge in [-0.05, 0) is 232 Å². The van der Waals surface area contributed by atoms with E-state index in [1.54, 1.807) is 21.3 Å². The lowest BCUT2D eigenvalue weighted by molar-refractivity contribution is 0.397. The van der Waals surface area contributed by atoms with E-state index < -0.39 is 0 Å². The largest absolute Gasteiger partial charge is 0.497 e. The van der Waals surface area contributed by atoms with Crippen LogP contribution in [0.1, 0.15) is 306 Å². The molecule has 0 N–H and O–H groups in total. The topological polar surface area (TPSA) is 27.7 Å². The van der Waals surface area contributed by atoms with Crippen molar-refractivity contribution < 1.29 is 18.6 Å². The summed E-state index contributed by atoms with van der Waals surface area (Å²) in [6.45, 7) is 78.5. The second-order valence-electron chi connectivity index (χ2n) is 43.1. The van der Waals surface area contributed by atoms with Crippen molar-refractivity contribution in [1.82, 2.24) is 0 Å². The van der Waals surface area contributed by atoms with Gasteiger partial charge in [-0.3, -0.25) is 0 Å². The van der Waals surface area contributed by atoms with Crippen LogP contribution >= 0.6 is 58.0 Å². The van der Waals surface area contributed by atoms with Crippen LogP contribution in [0.2, 0.25) is 25.1 Å². The predicted octanol–water partition coefficient (Wildman–Crippen LogP) is 37.2. The zero-order valence-electron chi connectivity index (χ0n) is 84.3. The highest BCUT2D eigenvalue weighted by Crippen LogP contribution is 2.37. The zero-order chi connectivity index (χ0) is 96.3. The van der Waals surface area contributed by atoms with Gasteiger partial charge in [-0.15, -0.1) is 0 Å². The number of ether oxygens (including phenoxy) is 3. The summed E-state index contributed by atoms with van der Waals surface area (Å²) in [6, 6.07) is 86.8. The third kappa shape index (κ3) is 46.2. The third-order valence-corrected chi connectivity index (χ3v) is 21.5. The normalized spacial score (nSPS) is 11.6. The number of benzene rings is 11. The van der Waals surface area contributed by atoms with E-state index in [1.165, 1.54) is 84.5 Å². The first kappa shape index (κ1) is 115. The Morgan fingerprint density at radius 2 is 0.536 bits per heavy atom. The van der Waals surface area contributed by atoms with Gasteiger partial charge in [0.15, 0.2) is 0 Å². The minimum atomic E-state index is -0.169. The summed E-state index contributed by atoms with van der Waals surface area (Å²) in [6.07, 6.45) is 0. The molecule has 0 heterocycles. The molecule has 0 aliphatic carbocycles. The number of aryl methyl sites for hydroxylation is 3. The van der Waals surface area contributed by atoms with E-state index in [4.69, 9.17) is 72.2 Å². The summed E-state index contributed by atoms with van der Waals surface area (Å²) in [5.41, 5.74) is 20.4. The van der Waals surface area contributed by atoms with Crippen LogP contribution in [0.4, 0.5) is 4.39 Å². The Bertz CT molecular complexity index is 4600. The highest BCUT2D eigenvalue weighted by atomic mass is 35.5. The molecule has 684 valence electrons. The molecule has 11 aromatic rings. The summed E-state index contributed by atoms with van der Waals surface area (Å²) < 4.78 is 28.0. The Labute approximate surface area is 787 Å². The van der Waals surface area contributed by atoms with Gasteiger partial charge in [0, 0.05) is 25.1 Å². The smallest absolute Gasteiger partial charge is 0.123 e. The van der Waals surface area contributed by atoms with E-state index in [0.717, 1.165) is 47.9 Å². The minimum absolute atomic E-state index is 0.00935. The van der Waals surface area contributed by atoms with E-state index in [1.807, 2.05) is 121 Å². The molecule has 11 rings (SSSR count). The molecule has 9 heteroatoms. The summed E-state index contributed by atoms with van der Waals surface area (Å²) >= 11 is 29.7. The number of methoxy groups -OCH3 is 3. The second kappa shape index (κ2) is 51.4. The average molecular weight is 1800 g/mol. The maximum Gasteiger partial charge on any atom is 0.123 e. The SMILES string of the molecule is CC(C)(C)c1c(Cl)cccc1Cl.CC(C)(C)c1ccc(Cl)cc1.CC(C)(C)c1ccc(F)cc1.CC(C)(C)c1cccc(Cl)c1.CC(C)(C)c1ccccc1Cl.COc1ccc(C(C)(C)C)cc1.COc1cccc(C(C)(C)C)c1.COc1ccccc1C(C)(C)C.Cc1ccc(C(C)(C)C)cc1.Cc1cccc(C(C)(C)C)c1.Cc1ccccc1C(C)(C)C. The number of hydrogen-bond acceptors (Lipinski definition) is 3. The molecule has 0 aliphatic heterocycles. The molecule has 0 fully saturated rings. The predicted molar refractivity (Wildman–Crippen MR) is 555 cm³/mol. The van der Waals surface area contributed by atoms with Crippen molar-refractivity contribution in [2.24, 2.45) is 0 Å². The zero-order valence-corrected chi connectivity index (χ0v) is 88.1. The maximum absolute atomic E-state index is 12.5. The highest BCUT2D eigenvalue weighted by Gasteiger charge is 2.23. The highest BCUT2D eigenvalue weighted by molar-refractivity contribution is 6.36. The van der Waals surface area contributed by atoms with Crippen LogP contribution < -0.4 is 14.2 Å². The van der Waals surface area contributed by atoms with Crippen molar-refractivity contribution in [3.8, 4) is 17.2 Å². The molecule has 125 heavy (non-hydrogen) atoms. The molecule has 11 aromatic carbocycles. The first-order valence-electron chi connectivity index (χ1n) is 43.7. The number of halogens is 6. The monoisotopic (exact) mass is 1800 g/mol. The summed E-state index contributed by atoms with van der Waals surface area (Å²) in [7, 11) is 5.10. The van der Waals surface area contributed by atoms with Crippen molar-refractivity contribution in [3.63, 3.8) is 0 Å². The van der Waals surface area contributed by atoms with Crippen LogP contribution in [0, 0.1) is 26.6 Å². The lowest BCUT2D eigenvalue weighted by Crippen LogP contribution is -2.12. The van der Waals surface area contributed by atoms with Crippen molar-refractivity contribution >= 4 is 58.0 Å². The molecule has 0 amide bonds. The van der Waals surface area contributed by atoms with Gasteiger partial charge in [0.2, 0.25) is 0 Å². The molecule has 0 radical (unpaired) electrons. The van der Waals surface area contributed by atoms with Gasteiger partial charge >= 0.3 is 0 Å². The maximum atomic E-state index is 12.5. The minimum Gasteiger partial charge on any atom is -0.497 e. The molecular weight excluding hydrogens is 1640 g/mol. The summed E-state index contributed by atoms with van der Waals surface area (Å²) in [5.74, 6) is 2.66. The van der Waals surface area contributed by atoms with Gasteiger partial charge in [0.05, 0.1) is 21.3 Å². The van der Waals surface area contributed by atoms with Gasteiger partial charge in [0.1, 0.15) is 23.1 Å². The van der Waals surface area contributed by atoms with E-state index in [0.29, 0.717) is 0 Å². The molecule has 0 spiro atoms. The fourth-order valence-electron chi connectivity index (χ4n) is 12.2. The Balaban J connectivity index is 0.000000688. The van der Waals surface area contributed by atoms with Crippen LogP contribution in [0.3, 0.4) is 0 Å². The van der Waals surface area contributed by atoms with Crippen LogP contribution in [0.25, 0.3) is 0 Å². The number of para-hydroxylation sites is 1. The molecule has 0 saturated carbocycles. The molecular formula is C116H160Cl5FO3. The number of hydrogen-bond donors (Lipinski definition) is 0. The van der Waals surface area contributed by atoms with Gasteiger partial charge in [0.25, 0.3) is 0 Å². The molecule has 0 aromatic heterocycles. The van der Waals surface area contributed by atoms with E-state index >= 15 is 0 Å². The Kier molecular flexibility index (Phi) is 47.4. The van der Waals surface area contributed by atoms with Crippen molar-refractivity contribution in [1.29, 1.82) is 0 Å². The standard InChI is InChI=1S/3C11H16O.3C11H16.C10H12Cl2.3C10H13Cl.C10H13F/c1-11(2,3)9-5-7-10(12-4)8-6-9;1-11(2,3)9-6-5-7-10(8-9)12-4;1-11(2,3)9-7-5-6-8-10(9)12-4;1-9-5-7-10(8-6-9)11(2,3)4;1-9-6-5-7-10(8-9)11(2,3)4;1-9-7-5-6-8-10(9)11(2,3)4;1-10(2,3)9-7(11)5-4-6-8(9)12;1-10(2,3)8-4-6-9(11)7-5-8;1-10(2,3)8-5-4-6-9(11)7-8;1-10(2,3)8-6-4-5-7-9(8)11;1-10(2,3)8-4-6-9(11)7-5-8/h3*5-8H,1-4H3;3*5-8H,1-4H3;4-6H,1-3H3;4*4-7H,1-3H3. The average Bonchev–Trinajstić information content (AvgIpc) is 0.821. The molecule has 0 bridgehead atoms. The van der Waals surface area contributed by atoms with Gasteiger partial charge in [-0.2, -0.15) is 0 Å². The van der Waals surface area contributed by atoms with Gasteiger partial charge < -0.3 is 14.2 Å². The number of rotatable bonds is 3. The van der Waals surface area contributed by atoms with Crippen LogP contribution in [0.5, 0.6) is 17.2 Å². The third-order valence-electron chi connectivity index (χ3n) is 20.1. The summed E-state index contributed by atoms with van der Waals surface area (Å²) in [5, 5.41) is 3.97. The fourth-order valence-corrected chi connectivity index (χ4v) is 13.9. The molecule has 0 saturated heterocycles. The van der Waals surface area contributed by atoms with Crippen molar-refractivity contribution in [3.05, 3.63) is 370 Å². The quantitative estimate of drug-likeness (QED) is 0.176. The lowest BCUT2D eigenvalue weighted by Gasteiger charge is -2.21. The fraction of sp³-hybridized carbons (Fsp3) is 0.431. The first-order chi connectivity index (χ1) is 57.1. The second-order valence-corrected chi connectivity index (χ2v) is 45.2. The van der Waals surface area contributed by atoms with Crippen molar-refractivity contribution in [2.45, 2.75) is 309 Å². The van der Waals surface area contributed by atoms with Crippen LogP contribution in [-0.2, 0) is 59.6 Å². The van der Waals surface area contributed by atoms with E-state index in [2.05, 4.69) is 377 Å². The Morgan fingerprint density at radius 3 is 0.848 bits per heavy atom. The Hall–Kier alpha value is -7.80. The first-order valence-corrected chi connectivity index (χ1v) is 45.6. The molecule has 0 atom stereocenters. The lowest BCUT2D eigenvalue weighted by atomic mass is 9.84. The Morgan fingerprint density at radius 1 is 0.216 bits per heavy atom. The van der Waals surface area contributed by atoms with Crippen molar-refractivity contribution in [2.75, 3.05) is 21.3 Å². The van der Waals surface area contributed by atoms with Crippen LogP contribution in [-0.4, -0.2) is 21.3 Å². The summed E-state index contributed by atoms with van der Waals surface area (Å²) in [4.78, 5) is 0. The molecule has 0 aliphatic rings. The van der Waals surface area contributed by atoms with Gasteiger partial charge in [-0.1, -0.05) is 474 Å². The van der Waals surface area contributed by atoms with Gasteiger partial charge in [-0.25, -0.2) is 4.39 Å². The molecule has 0 unspecified atom stereocenters. The molecule has 3 nitrogen and oxygen atoms in total. The van der Waals surface area contributed by atoms with E-state index in [-0.39, 0.29) is 65.4 Å².